The molecule has 2 aromatic rings. The Morgan fingerprint density at radius 2 is 2.06 bits per heavy atom. The van der Waals surface area contributed by atoms with Gasteiger partial charge in [0.2, 0.25) is 4.77 Å². The number of pyridine rings is 1. The number of nitrogens with zero attached hydrogens (tertiary/aromatic N) is 4. The number of fused-ring (bicyclic) bond motifs is 1. The van der Waals surface area contributed by atoms with E-state index in [2.05, 4.69) is 14.5 Å². The topological polar surface area (TPSA) is 35.6 Å². The van der Waals surface area contributed by atoms with Crippen LogP contribution in [0.3, 0.4) is 0 Å². The summed E-state index contributed by atoms with van der Waals surface area (Å²) in [5.74, 6) is 1.74. The summed E-state index contributed by atoms with van der Waals surface area (Å²) >= 11 is 10.9. The maximum atomic E-state index is 5.53. The zero-order chi connectivity index (χ0) is 12.5. The molecule has 0 atom stereocenters. The molecule has 0 radical (unpaired) electrons. The van der Waals surface area contributed by atoms with Crippen LogP contribution in [0.15, 0.2) is 24.4 Å². The molecule has 92 valence electrons. The van der Waals surface area contributed by atoms with Crippen molar-refractivity contribution in [3.8, 4) is 5.82 Å². The molecular formula is C12H12N4S2. The average molecular weight is 276 g/mol. The van der Waals surface area contributed by atoms with Crippen LogP contribution in [0.2, 0.25) is 0 Å². The fourth-order valence-corrected chi connectivity index (χ4v) is 2.90. The van der Waals surface area contributed by atoms with Gasteiger partial charge >= 0.3 is 0 Å². The number of hydrogen-bond donors (Lipinski definition) is 0. The van der Waals surface area contributed by atoms with E-state index in [1.807, 2.05) is 18.2 Å². The summed E-state index contributed by atoms with van der Waals surface area (Å²) in [4.78, 5) is 8.78. The van der Waals surface area contributed by atoms with Crippen LogP contribution in [0.4, 0.5) is 0 Å². The Labute approximate surface area is 115 Å². The molecule has 0 fully saturated rings. The van der Waals surface area contributed by atoms with Crippen LogP contribution in [0.1, 0.15) is 18.7 Å². The average Bonchev–Trinajstić information content (AvgIpc) is 2.40. The van der Waals surface area contributed by atoms with Crippen molar-refractivity contribution in [2.75, 3.05) is 0 Å². The monoisotopic (exact) mass is 276 g/mol. The van der Waals surface area contributed by atoms with Gasteiger partial charge in [-0.25, -0.2) is 14.5 Å². The van der Waals surface area contributed by atoms with Crippen LogP contribution < -0.4 is 0 Å². The first kappa shape index (κ1) is 11.7. The number of aromatic nitrogens is 4. The maximum Gasteiger partial charge on any atom is 0.209 e. The zero-order valence-electron chi connectivity index (χ0n) is 9.74. The van der Waals surface area contributed by atoms with Crippen molar-refractivity contribution in [1.29, 1.82) is 0 Å². The molecule has 4 nitrogen and oxygen atoms in total. The molecular weight excluding hydrogens is 264 g/mol. The Bertz CT molecular complexity index is 687. The molecule has 0 unspecified atom stereocenters. The third-order valence-corrected chi connectivity index (χ3v) is 3.74. The Morgan fingerprint density at radius 3 is 2.83 bits per heavy atom. The van der Waals surface area contributed by atoms with Crippen molar-refractivity contribution in [2.24, 2.45) is 0 Å². The third-order valence-electron chi connectivity index (χ3n) is 3.06. The Hall–Kier alpha value is -1.40. The van der Waals surface area contributed by atoms with Gasteiger partial charge in [0.1, 0.15) is 11.6 Å². The standard InChI is InChI=1S/C12H12N4S2/c17-11-14-10-6-2-4-8-15(10)12(18)16(11)9-5-1-3-7-13-9/h1,3,5,7H,2,4,6,8H2. The van der Waals surface area contributed by atoms with Crippen molar-refractivity contribution in [3.63, 3.8) is 0 Å². The molecule has 0 amide bonds. The molecule has 0 saturated heterocycles. The summed E-state index contributed by atoms with van der Waals surface area (Å²) in [6, 6.07) is 5.68. The van der Waals surface area contributed by atoms with Crippen molar-refractivity contribution < 1.29 is 0 Å². The summed E-state index contributed by atoms with van der Waals surface area (Å²) in [5.41, 5.74) is 0. The lowest BCUT2D eigenvalue weighted by Crippen LogP contribution is -2.21. The molecule has 0 N–H and O–H groups in total. The van der Waals surface area contributed by atoms with Crippen molar-refractivity contribution in [2.45, 2.75) is 25.8 Å². The van der Waals surface area contributed by atoms with E-state index in [0.717, 1.165) is 37.4 Å². The molecule has 0 aliphatic carbocycles. The second kappa shape index (κ2) is 4.70. The summed E-state index contributed by atoms with van der Waals surface area (Å²) in [6.07, 6.45) is 4.98. The Morgan fingerprint density at radius 1 is 1.17 bits per heavy atom. The molecule has 0 spiro atoms. The predicted octanol–water partition coefficient (Wildman–Crippen LogP) is 2.86. The third kappa shape index (κ3) is 1.91. The first-order valence-electron chi connectivity index (χ1n) is 5.91. The summed E-state index contributed by atoms with van der Waals surface area (Å²) in [7, 11) is 0. The molecule has 1 aliphatic rings. The number of rotatable bonds is 1. The Kier molecular flexibility index (Phi) is 3.05. The largest absolute Gasteiger partial charge is 0.306 e. The highest BCUT2D eigenvalue weighted by Gasteiger charge is 2.13. The minimum atomic E-state index is 0.492. The van der Waals surface area contributed by atoms with Gasteiger partial charge in [0.25, 0.3) is 0 Å². The van der Waals surface area contributed by atoms with E-state index in [0.29, 0.717) is 9.54 Å². The zero-order valence-corrected chi connectivity index (χ0v) is 11.4. The van der Waals surface area contributed by atoms with E-state index in [1.165, 1.54) is 0 Å². The van der Waals surface area contributed by atoms with E-state index in [-0.39, 0.29) is 0 Å². The first-order chi connectivity index (χ1) is 8.77. The minimum absolute atomic E-state index is 0.492. The molecule has 0 bridgehead atoms. The van der Waals surface area contributed by atoms with Crippen LogP contribution in [0, 0.1) is 9.54 Å². The molecule has 18 heavy (non-hydrogen) atoms. The first-order valence-corrected chi connectivity index (χ1v) is 6.73. The Balaban J connectivity index is 2.29. The van der Waals surface area contributed by atoms with Crippen molar-refractivity contribution in [1.82, 2.24) is 19.1 Å². The van der Waals surface area contributed by atoms with E-state index in [9.17, 15) is 0 Å². The molecule has 3 rings (SSSR count). The lowest BCUT2D eigenvalue weighted by Gasteiger charge is -2.20. The van der Waals surface area contributed by atoms with Crippen molar-refractivity contribution in [3.05, 3.63) is 39.8 Å². The molecule has 0 saturated carbocycles. The molecule has 1 aliphatic heterocycles. The molecule has 3 heterocycles. The second-order valence-corrected chi connectivity index (χ2v) is 4.96. The molecule has 2 aromatic heterocycles. The lowest BCUT2D eigenvalue weighted by molar-refractivity contribution is 0.481. The van der Waals surface area contributed by atoms with Gasteiger partial charge in [-0.2, -0.15) is 0 Å². The van der Waals surface area contributed by atoms with Crippen LogP contribution in [0.5, 0.6) is 0 Å². The van der Waals surface area contributed by atoms with Gasteiger partial charge in [0.15, 0.2) is 4.77 Å². The van der Waals surface area contributed by atoms with E-state index < -0.39 is 0 Å². The van der Waals surface area contributed by atoms with E-state index in [1.54, 1.807) is 10.8 Å². The summed E-state index contributed by atoms with van der Waals surface area (Å²) in [5, 5.41) is 0. The SMILES string of the molecule is S=c1nc2n(c(=S)n1-c1ccccn1)CCCC2. The lowest BCUT2D eigenvalue weighted by atomic mass is 10.2. The van der Waals surface area contributed by atoms with Crippen LogP contribution in [0.25, 0.3) is 5.82 Å². The number of hydrogen-bond acceptors (Lipinski definition) is 4. The maximum absolute atomic E-state index is 5.53. The quantitative estimate of drug-likeness (QED) is 0.750. The van der Waals surface area contributed by atoms with Gasteiger partial charge in [-0.3, -0.25) is 0 Å². The van der Waals surface area contributed by atoms with E-state index in [4.69, 9.17) is 24.4 Å². The van der Waals surface area contributed by atoms with Crippen molar-refractivity contribution >= 4 is 24.4 Å². The fourth-order valence-electron chi connectivity index (χ4n) is 2.18. The molecule has 0 aromatic carbocycles. The van der Waals surface area contributed by atoms with Gasteiger partial charge < -0.3 is 4.57 Å². The smallest absolute Gasteiger partial charge is 0.209 e. The van der Waals surface area contributed by atoms with Crippen LogP contribution in [-0.4, -0.2) is 19.1 Å². The predicted molar refractivity (Wildman–Crippen MR) is 74.0 cm³/mol. The normalized spacial score (nSPS) is 14.2. The van der Waals surface area contributed by atoms with Gasteiger partial charge in [-0.15, -0.1) is 0 Å². The van der Waals surface area contributed by atoms with Gasteiger partial charge in [-0.05, 0) is 49.4 Å². The van der Waals surface area contributed by atoms with E-state index >= 15 is 0 Å². The summed E-state index contributed by atoms with van der Waals surface area (Å²) < 4.78 is 5.03. The van der Waals surface area contributed by atoms with Gasteiger partial charge in [0, 0.05) is 19.2 Å². The number of aryl methyl sites for hydroxylation is 1. The fraction of sp³-hybridized carbons (Fsp3) is 0.333. The second-order valence-electron chi connectivity index (χ2n) is 4.23. The van der Waals surface area contributed by atoms with Crippen LogP contribution >= 0.6 is 24.4 Å². The molecule has 6 heteroatoms. The van der Waals surface area contributed by atoms with Gasteiger partial charge in [-0.1, -0.05) is 6.07 Å². The highest BCUT2D eigenvalue weighted by molar-refractivity contribution is 7.72. The van der Waals surface area contributed by atoms with Gasteiger partial charge in [0.05, 0.1) is 0 Å². The van der Waals surface area contributed by atoms with Crippen LogP contribution in [-0.2, 0) is 13.0 Å². The highest BCUT2D eigenvalue weighted by Crippen LogP contribution is 2.15. The minimum Gasteiger partial charge on any atom is -0.306 e. The summed E-state index contributed by atoms with van der Waals surface area (Å²) in [6.45, 7) is 0.920. The highest BCUT2D eigenvalue weighted by atomic mass is 32.1.